The third-order valence-electron chi connectivity index (χ3n) is 2.75. The summed E-state index contributed by atoms with van der Waals surface area (Å²) in [5.41, 5.74) is -0.761. The Bertz CT molecular complexity index is 569. The lowest BCUT2D eigenvalue weighted by Gasteiger charge is -2.17. The summed E-state index contributed by atoms with van der Waals surface area (Å²) >= 11 is 1.58. The molecule has 2 N–H and O–H groups in total. The van der Waals surface area contributed by atoms with Crippen LogP contribution >= 0.6 is 11.3 Å². The number of phenolic OH excluding ortho intramolecular Hbond substituents is 1. The zero-order chi connectivity index (χ0) is 12.6. The molecule has 1 aromatic heterocycles. The number of rotatable bonds is 3. The Balaban J connectivity index is 2.34. The number of benzene rings is 1. The van der Waals surface area contributed by atoms with Gasteiger partial charge in [-0.05, 0) is 49.9 Å². The van der Waals surface area contributed by atoms with Gasteiger partial charge in [0.15, 0.2) is 0 Å². The average molecular weight is 250 g/mol. The molecule has 17 heavy (non-hydrogen) atoms. The molecule has 0 fully saturated rings. The summed E-state index contributed by atoms with van der Waals surface area (Å²) in [5, 5.41) is 19.4. The number of thiophene rings is 1. The predicted octanol–water partition coefficient (Wildman–Crippen LogP) is 3.26. The molecular weight excluding hydrogens is 236 g/mol. The zero-order valence-corrected chi connectivity index (χ0v) is 10.5. The Morgan fingerprint density at radius 3 is 2.71 bits per heavy atom. The Morgan fingerprint density at radius 2 is 2.06 bits per heavy atom. The molecule has 2 aromatic rings. The molecule has 0 aliphatic rings. The molecule has 0 unspecified atom stereocenters. The fourth-order valence-corrected chi connectivity index (χ4v) is 2.96. The van der Waals surface area contributed by atoms with E-state index in [0.29, 0.717) is 6.42 Å². The van der Waals surface area contributed by atoms with E-state index in [1.165, 1.54) is 0 Å². The Kier molecular flexibility index (Phi) is 2.83. The number of hydrogen-bond acceptors (Lipinski definition) is 3. The van der Waals surface area contributed by atoms with Gasteiger partial charge in [-0.2, -0.15) is 0 Å². The van der Waals surface area contributed by atoms with E-state index in [0.717, 1.165) is 15.0 Å². The van der Waals surface area contributed by atoms with Crippen molar-refractivity contribution in [2.75, 3.05) is 0 Å². The van der Waals surface area contributed by atoms with Crippen molar-refractivity contribution in [2.45, 2.75) is 20.3 Å². The number of hydrogen-bond donors (Lipinski definition) is 2. The second kappa shape index (κ2) is 4.04. The second-order valence-electron chi connectivity index (χ2n) is 4.80. The molecular formula is C13H14O3S. The van der Waals surface area contributed by atoms with Crippen molar-refractivity contribution in [3.8, 4) is 5.75 Å². The summed E-state index contributed by atoms with van der Waals surface area (Å²) in [5.74, 6) is -0.558. The first-order valence-electron chi connectivity index (χ1n) is 5.33. The highest BCUT2D eigenvalue weighted by Gasteiger charge is 2.28. The van der Waals surface area contributed by atoms with Crippen LogP contribution in [0.1, 0.15) is 18.7 Å². The molecule has 0 radical (unpaired) electrons. The summed E-state index contributed by atoms with van der Waals surface area (Å²) in [6, 6.07) is 7.14. The molecule has 0 atom stereocenters. The Labute approximate surface area is 103 Å². The van der Waals surface area contributed by atoms with Crippen molar-refractivity contribution in [1.29, 1.82) is 0 Å². The highest BCUT2D eigenvalue weighted by Crippen LogP contribution is 2.32. The first-order chi connectivity index (χ1) is 7.88. The van der Waals surface area contributed by atoms with Gasteiger partial charge in [0.05, 0.1) is 5.41 Å². The van der Waals surface area contributed by atoms with Crippen molar-refractivity contribution in [3.63, 3.8) is 0 Å². The third-order valence-corrected chi connectivity index (χ3v) is 3.86. The van der Waals surface area contributed by atoms with Crippen LogP contribution in [0.2, 0.25) is 0 Å². The third kappa shape index (κ3) is 2.42. The number of aromatic hydroxyl groups is 1. The lowest BCUT2D eigenvalue weighted by atomic mass is 9.89. The van der Waals surface area contributed by atoms with E-state index >= 15 is 0 Å². The van der Waals surface area contributed by atoms with Gasteiger partial charge in [-0.3, -0.25) is 4.79 Å². The summed E-state index contributed by atoms with van der Waals surface area (Å²) in [7, 11) is 0. The van der Waals surface area contributed by atoms with E-state index in [2.05, 4.69) is 0 Å². The standard InChI is InChI=1S/C13H14O3S/c1-13(2,12(15)16)7-10-6-8-5-9(14)3-4-11(8)17-10/h3-6,14H,7H2,1-2H3,(H,15,16). The van der Waals surface area contributed by atoms with Crippen molar-refractivity contribution in [3.05, 3.63) is 29.1 Å². The van der Waals surface area contributed by atoms with Gasteiger partial charge in [-0.15, -0.1) is 11.3 Å². The fourth-order valence-electron chi connectivity index (χ4n) is 1.68. The maximum Gasteiger partial charge on any atom is 0.309 e. The molecule has 3 nitrogen and oxygen atoms in total. The van der Waals surface area contributed by atoms with Gasteiger partial charge in [0.2, 0.25) is 0 Å². The van der Waals surface area contributed by atoms with Crippen LogP contribution in [0.15, 0.2) is 24.3 Å². The lowest BCUT2D eigenvalue weighted by molar-refractivity contribution is -0.146. The number of fused-ring (bicyclic) bond motifs is 1. The number of phenols is 1. The number of carboxylic acid groups (broad SMARTS) is 1. The molecule has 0 aliphatic carbocycles. The summed E-state index contributed by atoms with van der Waals surface area (Å²) in [6.45, 7) is 3.44. The Morgan fingerprint density at radius 1 is 1.35 bits per heavy atom. The number of carboxylic acids is 1. The van der Waals surface area contributed by atoms with Crippen LogP contribution in [0.5, 0.6) is 5.75 Å². The van der Waals surface area contributed by atoms with Crippen molar-refractivity contribution in [2.24, 2.45) is 5.41 Å². The van der Waals surface area contributed by atoms with Gasteiger partial charge in [0.25, 0.3) is 0 Å². The summed E-state index contributed by atoms with van der Waals surface area (Å²) in [6.07, 6.45) is 0.502. The molecule has 4 heteroatoms. The van der Waals surface area contributed by atoms with Crippen LogP contribution < -0.4 is 0 Å². The SMILES string of the molecule is CC(C)(Cc1cc2cc(O)ccc2s1)C(=O)O. The predicted molar refractivity (Wildman–Crippen MR) is 68.6 cm³/mol. The molecule has 0 saturated carbocycles. The minimum Gasteiger partial charge on any atom is -0.508 e. The van der Waals surface area contributed by atoms with E-state index in [1.54, 1.807) is 37.3 Å². The summed E-state index contributed by atoms with van der Waals surface area (Å²) in [4.78, 5) is 12.1. The Hall–Kier alpha value is -1.55. The quantitative estimate of drug-likeness (QED) is 0.879. The molecule has 0 spiro atoms. The maximum atomic E-state index is 11.1. The highest BCUT2D eigenvalue weighted by atomic mass is 32.1. The van der Waals surface area contributed by atoms with Crippen molar-refractivity contribution >= 4 is 27.4 Å². The number of aliphatic carboxylic acids is 1. The molecule has 90 valence electrons. The van der Waals surface area contributed by atoms with Gasteiger partial charge in [0.1, 0.15) is 5.75 Å². The van der Waals surface area contributed by atoms with Crippen LogP contribution in [0.4, 0.5) is 0 Å². The van der Waals surface area contributed by atoms with Gasteiger partial charge in [-0.1, -0.05) is 0 Å². The van der Waals surface area contributed by atoms with Crippen LogP contribution in [0.25, 0.3) is 10.1 Å². The van der Waals surface area contributed by atoms with Crippen LogP contribution in [0.3, 0.4) is 0 Å². The van der Waals surface area contributed by atoms with Crippen molar-refractivity contribution < 1.29 is 15.0 Å². The van der Waals surface area contributed by atoms with E-state index < -0.39 is 11.4 Å². The first kappa shape index (κ1) is 11.9. The van der Waals surface area contributed by atoms with Crippen LogP contribution in [0, 0.1) is 5.41 Å². The van der Waals surface area contributed by atoms with Gasteiger partial charge in [0, 0.05) is 9.58 Å². The van der Waals surface area contributed by atoms with E-state index in [9.17, 15) is 9.90 Å². The summed E-state index contributed by atoms with van der Waals surface area (Å²) < 4.78 is 1.07. The molecule has 1 aromatic carbocycles. The minimum absolute atomic E-state index is 0.236. The fraction of sp³-hybridized carbons (Fsp3) is 0.308. The number of carbonyl (C=O) groups is 1. The van der Waals surface area contributed by atoms with Gasteiger partial charge < -0.3 is 10.2 Å². The van der Waals surface area contributed by atoms with E-state index in [1.807, 2.05) is 12.1 Å². The molecule has 1 heterocycles. The monoisotopic (exact) mass is 250 g/mol. The van der Waals surface area contributed by atoms with Crippen LogP contribution in [-0.4, -0.2) is 16.2 Å². The van der Waals surface area contributed by atoms with E-state index in [-0.39, 0.29) is 5.75 Å². The maximum absolute atomic E-state index is 11.1. The van der Waals surface area contributed by atoms with E-state index in [4.69, 9.17) is 5.11 Å². The minimum atomic E-state index is -0.794. The molecule has 2 rings (SSSR count). The second-order valence-corrected chi connectivity index (χ2v) is 5.97. The average Bonchev–Trinajstić information content (AvgIpc) is 2.57. The van der Waals surface area contributed by atoms with Crippen molar-refractivity contribution in [1.82, 2.24) is 0 Å². The van der Waals surface area contributed by atoms with Gasteiger partial charge in [-0.25, -0.2) is 0 Å². The first-order valence-corrected chi connectivity index (χ1v) is 6.15. The highest BCUT2D eigenvalue weighted by molar-refractivity contribution is 7.19. The molecule has 0 saturated heterocycles. The topological polar surface area (TPSA) is 57.5 Å². The normalized spacial score (nSPS) is 11.9. The largest absolute Gasteiger partial charge is 0.508 e. The smallest absolute Gasteiger partial charge is 0.309 e. The van der Waals surface area contributed by atoms with Gasteiger partial charge >= 0.3 is 5.97 Å². The molecule has 0 aliphatic heterocycles. The molecule has 0 amide bonds. The zero-order valence-electron chi connectivity index (χ0n) is 9.73. The lowest BCUT2D eigenvalue weighted by Crippen LogP contribution is -2.25. The molecule has 0 bridgehead atoms. The van der Waals surface area contributed by atoms with Crippen LogP contribution in [-0.2, 0) is 11.2 Å².